The standard InChI is InChI=1S/C15H15ClN2O2S/c1-20-11-4-2-3-10(7-11)18-15(19)9-21-12-5-6-14(17)13(16)8-12/h2-8H,9,17H2,1H3,(H,18,19). The monoisotopic (exact) mass is 322 g/mol. The Morgan fingerprint density at radius 3 is 2.86 bits per heavy atom. The SMILES string of the molecule is COc1cccc(NC(=O)CSc2ccc(N)c(Cl)c2)c1. The van der Waals surface area contributed by atoms with E-state index in [4.69, 9.17) is 22.1 Å². The minimum atomic E-state index is -0.0961. The molecule has 0 spiro atoms. The molecular weight excluding hydrogens is 308 g/mol. The summed E-state index contributed by atoms with van der Waals surface area (Å²) in [4.78, 5) is 12.8. The Balaban J connectivity index is 1.90. The molecule has 0 aliphatic rings. The van der Waals surface area contributed by atoms with Crippen molar-refractivity contribution in [1.29, 1.82) is 0 Å². The summed E-state index contributed by atoms with van der Waals surface area (Å²) in [7, 11) is 1.58. The lowest BCUT2D eigenvalue weighted by Gasteiger charge is -2.07. The number of nitrogens with one attached hydrogen (secondary N) is 1. The molecule has 0 saturated heterocycles. The number of amides is 1. The van der Waals surface area contributed by atoms with E-state index in [0.29, 0.717) is 22.1 Å². The highest BCUT2D eigenvalue weighted by molar-refractivity contribution is 8.00. The van der Waals surface area contributed by atoms with Crippen LogP contribution in [0.25, 0.3) is 0 Å². The molecule has 2 rings (SSSR count). The van der Waals surface area contributed by atoms with Crippen molar-refractivity contribution in [3.63, 3.8) is 0 Å². The van der Waals surface area contributed by atoms with E-state index in [1.165, 1.54) is 11.8 Å². The fourth-order valence-corrected chi connectivity index (χ4v) is 2.63. The maximum atomic E-state index is 11.9. The average Bonchev–Trinajstić information content (AvgIpc) is 2.48. The number of nitrogen functional groups attached to an aromatic ring is 1. The van der Waals surface area contributed by atoms with Gasteiger partial charge in [-0.3, -0.25) is 4.79 Å². The normalized spacial score (nSPS) is 10.2. The molecule has 0 saturated carbocycles. The number of hydrogen-bond donors (Lipinski definition) is 2. The van der Waals surface area contributed by atoms with Crippen LogP contribution in [0.4, 0.5) is 11.4 Å². The molecule has 110 valence electrons. The molecule has 0 aliphatic carbocycles. The zero-order valence-electron chi connectivity index (χ0n) is 11.4. The summed E-state index contributed by atoms with van der Waals surface area (Å²) in [6, 6.07) is 12.5. The van der Waals surface area contributed by atoms with E-state index in [-0.39, 0.29) is 11.7 Å². The van der Waals surface area contributed by atoms with Crippen molar-refractivity contribution in [1.82, 2.24) is 0 Å². The number of ether oxygens (including phenoxy) is 1. The summed E-state index contributed by atoms with van der Waals surface area (Å²) in [5, 5.41) is 3.31. The van der Waals surface area contributed by atoms with E-state index in [9.17, 15) is 4.79 Å². The van der Waals surface area contributed by atoms with Crippen LogP contribution in [-0.2, 0) is 4.79 Å². The zero-order chi connectivity index (χ0) is 15.2. The number of halogens is 1. The van der Waals surface area contributed by atoms with E-state index >= 15 is 0 Å². The molecular formula is C15H15ClN2O2S. The molecule has 21 heavy (non-hydrogen) atoms. The Labute approximate surface area is 132 Å². The molecule has 0 bridgehead atoms. The van der Waals surface area contributed by atoms with Gasteiger partial charge in [-0.1, -0.05) is 17.7 Å². The predicted molar refractivity (Wildman–Crippen MR) is 88.2 cm³/mol. The number of carbonyl (C=O) groups excluding carboxylic acids is 1. The van der Waals surface area contributed by atoms with Crippen molar-refractivity contribution in [2.75, 3.05) is 23.9 Å². The van der Waals surface area contributed by atoms with Crippen molar-refractivity contribution >= 4 is 40.6 Å². The van der Waals surface area contributed by atoms with Gasteiger partial charge in [-0.05, 0) is 30.3 Å². The highest BCUT2D eigenvalue weighted by atomic mass is 35.5. The van der Waals surface area contributed by atoms with Crippen molar-refractivity contribution in [2.24, 2.45) is 0 Å². The number of benzene rings is 2. The third-order valence-electron chi connectivity index (χ3n) is 2.70. The highest BCUT2D eigenvalue weighted by Crippen LogP contribution is 2.26. The Hall–Kier alpha value is -1.85. The lowest BCUT2D eigenvalue weighted by molar-refractivity contribution is -0.113. The first-order chi connectivity index (χ1) is 10.1. The van der Waals surface area contributed by atoms with Crippen LogP contribution in [0, 0.1) is 0 Å². The van der Waals surface area contributed by atoms with Gasteiger partial charge in [-0.15, -0.1) is 11.8 Å². The van der Waals surface area contributed by atoms with Crippen LogP contribution < -0.4 is 15.8 Å². The Morgan fingerprint density at radius 2 is 2.14 bits per heavy atom. The van der Waals surface area contributed by atoms with Gasteiger partial charge in [0.1, 0.15) is 5.75 Å². The van der Waals surface area contributed by atoms with E-state index in [1.807, 2.05) is 24.3 Å². The molecule has 0 heterocycles. The lowest BCUT2D eigenvalue weighted by Crippen LogP contribution is -2.13. The molecule has 0 aromatic heterocycles. The number of anilines is 2. The van der Waals surface area contributed by atoms with E-state index < -0.39 is 0 Å². The van der Waals surface area contributed by atoms with Gasteiger partial charge < -0.3 is 15.8 Å². The molecule has 0 unspecified atom stereocenters. The summed E-state index contributed by atoms with van der Waals surface area (Å²) < 4.78 is 5.11. The Morgan fingerprint density at radius 1 is 1.33 bits per heavy atom. The minimum absolute atomic E-state index is 0.0961. The van der Waals surface area contributed by atoms with Crippen LogP contribution in [0.15, 0.2) is 47.4 Å². The second-order valence-electron chi connectivity index (χ2n) is 4.25. The van der Waals surface area contributed by atoms with E-state index in [0.717, 1.165) is 4.90 Å². The van der Waals surface area contributed by atoms with Gasteiger partial charge in [0.05, 0.1) is 23.6 Å². The molecule has 0 radical (unpaired) electrons. The van der Waals surface area contributed by atoms with Crippen LogP contribution in [0.2, 0.25) is 5.02 Å². The predicted octanol–water partition coefficient (Wildman–Crippen LogP) is 3.66. The number of carbonyl (C=O) groups is 1. The van der Waals surface area contributed by atoms with E-state index in [2.05, 4.69) is 5.32 Å². The third-order valence-corrected chi connectivity index (χ3v) is 4.02. The maximum absolute atomic E-state index is 11.9. The van der Waals surface area contributed by atoms with Crippen molar-refractivity contribution < 1.29 is 9.53 Å². The van der Waals surface area contributed by atoms with Gasteiger partial charge in [0.15, 0.2) is 0 Å². The fourth-order valence-electron chi connectivity index (χ4n) is 1.64. The Kier molecular flexibility index (Phi) is 5.36. The van der Waals surface area contributed by atoms with Crippen molar-refractivity contribution in [2.45, 2.75) is 4.90 Å². The van der Waals surface area contributed by atoms with Gasteiger partial charge in [0, 0.05) is 16.6 Å². The van der Waals surface area contributed by atoms with Gasteiger partial charge in [0.2, 0.25) is 5.91 Å². The summed E-state index contributed by atoms with van der Waals surface area (Å²) >= 11 is 7.34. The smallest absolute Gasteiger partial charge is 0.234 e. The van der Waals surface area contributed by atoms with Gasteiger partial charge in [0.25, 0.3) is 0 Å². The second kappa shape index (κ2) is 7.24. The first-order valence-corrected chi connectivity index (χ1v) is 7.56. The highest BCUT2D eigenvalue weighted by Gasteiger charge is 2.06. The maximum Gasteiger partial charge on any atom is 0.234 e. The summed E-state index contributed by atoms with van der Waals surface area (Å²) in [5.41, 5.74) is 6.88. The molecule has 0 fully saturated rings. The quantitative estimate of drug-likeness (QED) is 0.651. The van der Waals surface area contributed by atoms with Crippen LogP contribution in [0.5, 0.6) is 5.75 Å². The number of thioether (sulfide) groups is 1. The van der Waals surface area contributed by atoms with Crippen LogP contribution >= 0.6 is 23.4 Å². The molecule has 0 aliphatic heterocycles. The number of nitrogens with two attached hydrogens (primary N) is 1. The molecule has 6 heteroatoms. The van der Waals surface area contributed by atoms with Crippen LogP contribution in [0.1, 0.15) is 0 Å². The minimum Gasteiger partial charge on any atom is -0.497 e. The summed E-state index contributed by atoms with van der Waals surface area (Å²) in [6.07, 6.45) is 0. The topological polar surface area (TPSA) is 64.3 Å². The van der Waals surface area contributed by atoms with Crippen molar-refractivity contribution in [3.05, 3.63) is 47.5 Å². The number of methoxy groups -OCH3 is 1. The third kappa shape index (κ3) is 4.58. The van der Waals surface area contributed by atoms with Gasteiger partial charge in [-0.2, -0.15) is 0 Å². The van der Waals surface area contributed by atoms with Crippen molar-refractivity contribution in [3.8, 4) is 5.75 Å². The summed E-state index contributed by atoms with van der Waals surface area (Å²) in [5.74, 6) is 0.893. The largest absolute Gasteiger partial charge is 0.497 e. The second-order valence-corrected chi connectivity index (χ2v) is 5.71. The van der Waals surface area contributed by atoms with Crippen LogP contribution in [-0.4, -0.2) is 18.8 Å². The molecule has 4 nitrogen and oxygen atoms in total. The number of rotatable bonds is 5. The average molecular weight is 323 g/mol. The van der Waals surface area contributed by atoms with Gasteiger partial charge >= 0.3 is 0 Å². The molecule has 1 amide bonds. The van der Waals surface area contributed by atoms with E-state index in [1.54, 1.807) is 25.3 Å². The first-order valence-electron chi connectivity index (χ1n) is 6.20. The Bertz CT molecular complexity index is 649. The van der Waals surface area contributed by atoms with Gasteiger partial charge in [-0.25, -0.2) is 0 Å². The zero-order valence-corrected chi connectivity index (χ0v) is 13.0. The molecule has 0 atom stereocenters. The molecule has 3 N–H and O–H groups in total. The van der Waals surface area contributed by atoms with Crippen LogP contribution in [0.3, 0.4) is 0 Å². The number of hydrogen-bond acceptors (Lipinski definition) is 4. The lowest BCUT2D eigenvalue weighted by atomic mass is 10.3. The first kappa shape index (κ1) is 15.5. The summed E-state index contributed by atoms with van der Waals surface area (Å²) in [6.45, 7) is 0. The molecule has 2 aromatic carbocycles. The molecule has 2 aromatic rings. The fraction of sp³-hybridized carbons (Fsp3) is 0.133.